The lowest BCUT2D eigenvalue weighted by Gasteiger charge is -2.39. The number of nitrogens with zero attached hydrogens (tertiary/aromatic N) is 1. The molecule has 0 aromatic heterocycles. The number of nitrogens with one attached hydrogen (secondary N) is 1. The molecule has 178 valence electrons. The fraction of sp³-hybridized carbons (Fsp3) is 0.435. The number of carbonyl (C=O) groups excluding carboxylic acids is 1. The minimum absolute atomic E-state index is 0.111. The van der Waals surface area contributed by atoms with Crippen LogP contribution in [0.1, 0.15) is 23.1 Å². The van der Waals surface area contributed by atoms with Crippen LogP contribution >= 0.6 is 0 Å². The molecule has 5 nitrogen and oxygen atoms in total. The molecule has 2 heterocycles. The molecule has 1 N–H and O–H groups in total. The molecule has 0 saturated carbocycles. The van der Waals surface area contributed by atoms with Crippen LogP contribution in [0.15, 0.2) is 42.5 Å². The molecule has 4 rings (SSSR count). The lowest BCUT2D eigenvalue weighted by Crippen LogP contribution is -2.52. The first-order valence-electron chi connectivity index (χ1n) is 10.5. The SMILES string of the molecule is O=C(NCc1ccc(F)cc1F)C1CC2(CO1)CN(Cc1cccc(C(F)(F)F)c1)CCO2. The molecule has 2 atom stereocenters. The molecule has 2 fully saturated rings. The summed E-state index contributed by atoms with van der Waals surface area (Å²) in [6.45, 7) is 1.67. The molecule has 2 aromatic rings. The van der Waals surface area contributed by atoms with Crippen LogP contribution in [-0.4, -0.2) is 48.8 Å². The number of hydrogen-bond donors (Lipinski definition) is 1. The van der Waals surface area contributed by atoms with Gasteiger partial charge in [-0.1, -0.05) is 24.3 Å². The Morgan fingerprint density at radius 3 is 2.76 bits per heavy atom. The lowest BCUT2D eigenvalue weighted by molar-refractivity contribution is -0.137. The van der Waals surface area contributed by atoms with Gasteiger partial charge in [0.1, 0.15) is 23.3 Å². The molecule has 2 unspecified atom stereocenters. The average molecular weight is 470 g/mol. The predicted octanol–water partition coefficient (Wildman–Crippen LogP) is 3.66. The molecule has 2 aliphatic heterocycles. The van der Waals surface area contributed by atoms with E-state index in [1.54, 1.807) is 6.07 Å². The predicted molar refractivity (Wildman–Crippen MR) is 108 cm³/mol. The fourth-order valence-corrected chi connectivity index (χ4v) is 4.21. The minimum atomic E-state index is -4.40. The van der Waals surface area contributed by atoms with Gasteiger partial charge in [-0.2, -0.15) is 13.2 Å². The first kappa shape index (κ1) is 23.6. The maximum atomic E-state index is 13.8. The molecule has 0 radical (unpaired) electrons. The molecule has 1 spiro atoms. The topological polar surface area (TPSA) is 50.8 Å². The largest absolute Gasteiger partial charge is 0.416 e. The van der Waals surface area contributed by atoms with E-state index in [2.05, 4.69) is 5.32 Å². The Morgan fingerprint density at radius 2 is 2.00 bits per heavy atom. The van der Waals surface area contributed by atoms with Gasteiger partial charge in [0.15, 0.2) is 0 Å². The van der Waals surface area contributed by atoms with Crippen LogP contribution in [0.5, 0.6) is 0 Å². The molecular formula is C23H23F5N2O3. The van der Waals surface area contributed by atoms with Crippen molar-refractivity contribution in [3.63, 3.8) is 0 Å². The van der Waals surface area contributed by atoms with Gasteiger partial charge in [-0.15, -0.1) is 0 Å². The summed E-state index contributed by atoms with van der Waals surface area (Å²) in [5.41, 5.74) is -0.750. The van der Waals surface area contributed by atoms with E-state index in [9.17, 15) is 26.7 Å². The Morgan fingerprint density at radius 1 is 1.18 bits per heavy atom. The van der Waals surface area contributed by atoms with Crippen LogP contribution in [-0.2, 0) is 33.5 Å². The second kappa shape index (κ2) is 9.36. The number of ether oxygens (including phenoxy) is 2. The maximum absolute atomic E-state index is 13.8. The second-order valence-corrected chi connectivity index (χ2v) is 8.40. The highest BCUT2D eigenvalue weighted by Gasteiger charge is 2.46. The van der Waals surface area contributed by atoms with Crippen molar-refractivity contribution in [2.45, 2.75) is 37.4 Å². The Balaban J connectivity index is 1.33. The van der Waals surface area contributed by atoms with E-state index >= 15 is 0 Å². The van der Waals surface area contributed by atoms with E-state index in [0.717, 1.165) is 24.3 Å². The van der Waals surface area contributed by atoms with E-state index in [0.29, 0.717) is 31.8 Å². The molecule has 0 aliphatic carbocycles. The van der Waals surface area contributed by atoms with Crippen molar-refractivity contribution < 1.29 is 36.2 Å². The van der Waals surface area contributed by atoms with Gasteiger partial charge in [0.2, 0.25) is 5.91 Å². The second-order valence-electron chi connectivity index (χ2n) is 8.40. The minimum Gasteiger partial charge on any atom is -0.370 e. The zero-order valence-electron chi connectivity index (χ0n) is 17.6. The number of amides is 1. The number of alkyl halides is 3. The first-order chi connectivity index (χ1) is 15.6. The molecule has 2 aromatic carbocycles. The van der Waals surface area contributed by atoms with Crippen molar-refractivity contribution in [1.82, 2.24) is 10.2 Å². The normalized spacial score (nSPS) is 23.7. The molecule has 33 heavy (non-hydrogen) atoms. The summed E-state index contributed by atoms with van der Waals surface area (Å²) >= 11 is 0. The first-order valence-corrected chi connectivity index (χ1v) is 10.5. The number of morpholine rings is 1. The monoisotopic (exact) mass is 470 g/mol. The molecular weight excluding hydrogens is 447 g/mol. The molecule has 2 saturated heterocycles. The molecule has 1 amide bonds. The standard InChI is InChI=1S/C23H23F5N2O3/c24-18-5-4-16(19(25)9-18)11-29-21(31)20-10-22(14-32-20)13-30(6-7-33-22)12-15-2-1-3-17(8-15)23(26,27)28/h1-5,8-9,20H,6-7,10-14H2,(H,29,31). The van der Waals surface area contributed by atoms with Crippen molar-refractivity contribution in [3.05, 3.63) is 70.8 Å². The van der Waals surface area contributed by atoms with Gasteiger partial charge in [0, 0.05) is 44.2 Å². The number of halogens is 5. The van der Waals surface area contributed by atoms with E-state index in [1.165, 1.54) is 12.1 Å². The highest BCUT2D eigenvalue weighted by atomic mass is 19.4. The summed E-state index contributed by atoms with van der Waals surface area (Å²) in [5.74, 6) is -1.89. The van der Waals surface area contributed by atoms with Gasteiger partial charge in [-0.05, 0) is 17.7 Å². The Bertz CT molecular complexity index is 1020. The third kappa shape index (κ3) is 5.69. The molecule has 0 bridgehead atoms. The highest BCUT2D eigenvalue weighted by Crippen LogP contribution is 2.33. The fourth-order valence-electron chi connectivity index (χ4n) is 4.21. The van der Waals surface area contributed by atoms with Gasteiger partial charge < -0.3 is 14.8 Å². The zero-order valence-corrected chi connectivity index (χ0v) is 17.6. The summed E-state index contributed by atoms with van der Waals surface area (Å²) in [6, 6.07) is 8.33. The van der Waals surface area contributed by atoms with Crippen LogP contribution < -0.4 is 5.32 Å². The number of benzene rings is 2. The Labute approximate surface area is 187 Å². The number of rotatable bonds is 5. The molecule has 2 aliphatic rings. The van der Waals surface area contributed by atoms with Crippen molar-refractivity contribution in [2.24, 2.45) is 0 Å². The maximum Gasteiger partial charge on any atom is 0.416 e. The third-order valence-electron chi connectivity index (χ3n) is 5.85. The van der Waals surface area contributed by atoms with E-state index in [1.807, 2.05) is 4.90 Å². The van der Waals surface area contributed by atoms with Crippen molar-refractivity contribution >= 4 is 5.91 Å². The summed E-state index contributed by atoms with van der Waals surface area (Å²) in [7, 11) is 0. The van der Waals surface area contributed by atoms with Crippen molar-refractivity contribution in [1.29, 1.82) is 0 Å². The van der Waals surface area contributed by atoms with Crippen molar-refractivity contribution in [3.8, 4) is 0 Å². The van der Waals surface area contributed by atoms with Crippen LogP contribution in [0.25, 0.3) is 0 Å². The Hall–Kier alpha value is -2.56. The quantitative estimate of drug-likeness (QED) is 0.678. The summed E-state index contributed by atoms with van der Waals surface area (Å²) in [5, 5.41) is 2.59. The van der Waals surface area contributed by atoms with Gasteiger partial charge in [-0.3, -0.25) is 9.69 Å². The van der Waals surface area contributed by atoms with Crippen LogP contribution in [0, 0.1) is 11.6 Å². The van der Waals surface area contributed by atoms with Crippen LogP contribution in [0.4, 0.5) is 22.0 Å². The Kier molecular flexibility index (Phi) is 6.69. The third-order valence-corrected chi connectivity index (χ3v) is 5.85. The van der Waals surface area contributed by atoms with Gasteiger partial charge in [0.25, 0.3) is 0 Å². The van der Waals surface area contributed by atoms with Gasteiger partial charge in [-0.25, -0.2) is 8.78 Å². The van der Waals surface area contributed by atoms with Crippen LogP contribution in [0.3, 0.4) is 0 Å². The lowest BCUT2D eigenvalue weighted by atomic mass is 9.96. The smallest absolute Gasteiger partial charge is 0.370 e. The van der Waals surface area contributed by atoms with E-state index in [4.69, 9.17) is 9.47 Å². The van der Waals surface area contributed by atoms with Crippen molar-refractivity contribution in [2.75, 3.05) is 26.3 Å². The number of carbonyl (C=O) groups is 1. The number of hydrogen-bond acceptors (Lipinski definition) is 4. The summed E-state index contributed by atoms with van der Waals surface area (Å²) < 4.78 is 77.3. The zero-order chi connectivity index (χ0) is 23.6. The van der Waals surface area contributed by atoms with Crippen LogP contribution in [0.2, 0.25) is 0 Å². The van der Waals surface area contributed by atoms with Gasteiger partial charge >= 0.3 is 6.18 Å². The summed E-state index contributed by atoms with van der Waals surface area (Å²) in [6.07, 6.45) is -4.94. The van der Waals surface area contributed by atoms with E-state index in [-0.39, 0.29) is 25.1 Å². The average Bonchev–Trinajstić information content (AvgIpc) is 3.15. The molecule has 10 heteroatoms. The highest BCUT2D eigenvalue weighted by molar-refractivity contribution is 5.81. The van der Waals surface area contributed by atoms with Gasteiger partial charge in [0.05, 0.1) is 18.8 Å². The van der Waals surface area contributed by atoms with E-state index < -0.39 is 41.0 Å². The summed E-state index contributed by atoms with van der Waals surface area (Å²) in [4.78, 5) is 14.5.